The predicted octanol–water partition coefficient (Wildman–Crippen LogP) is 5.64. The van der Waals surface area contributed by atoms with Gasteiger partial charge in [0.15, 0.2) is 10.0 Å². The van der Waals surface area contributed by atoms with Crippen LogP contribution in [0.4, 0.5) is 0 Å². The van der Waals surface area contributed by atoms with Gasteiger partial charge in [-0.25, -0.2) is 9.59 Å². The third-order valence-corrected chi connectivity index (χ3v) is 7.73. The molecule has 0 saturated carbocycles. The van der Waals surface area contributed by atoms with Crippen molar-refractivity contribution in [2.75, 3.05) is 13.2 Å². The lowest BCUT2D eigenvalue weighted by Crippen LogP contribution is -2.01. The number of ether oxygens (including phenoxy) is 2. The van der Waals surface area contributed by atoms with Crippen LogP contribution in [0.1, 0.15) is 82.2 Å². The number of benzene rings is 1. The summed E-state index contributed by atoms with van der Waals surface area (Å²) in [5.41, 5.74) is 2.97. The van der Waals surface area contributed by atoms with E-state index in [4.69, 9.17) is 9.47 Å². The summed E-state index contributed by atoms with van der Waals surface area (Å²) in [5, 5.41) is 20.2. The molecule has 3 rings (SSSR count). The molecule has 42 heavy (non-hydrogen) atoms. The van der Waals surface area contributed by atoms with Crippen molar-refractivity contribution in [1.82, 2.24) is 20.4 Å². The molecule has 0 saturated heterocycles. The van der Waals surface area contributed by atoms with Gasteiger partial charge in [-0.2, -0.15) is 0 Å². The number of hydrogen-bond acceptors (Lipinski definition) is 10. The minimum atomic E-state index is -0.384. The number of esters is 2. The van der Waals surface area contributed by atoms with Crippen molar-refractivity contribution < 1.29 is 19.1 Å². The fourth-order valence-electron chi connectivity index (χ4n) is 3.72. The van der Waals surface area contributed by atoms with E-state index < -0.39 is 0 Å². The first-order valence-electron chi connectivity index (χ1n) is 13.9. The van der Waals surface area contributed by atoms with Gasteiger partial charge < -0.3 is 9.47 Å². The Balaban J connectivity index is 1.47. The second-order valence-electron chi connectivity index (χ2n) is 9.09. The molecule has 0 N–H and O–H groups in total. The standard InChI is InChI=1S/C32H34N4O4S2/c1-4-25-23-24(16-19-29-35-33-27(41-29)13-9-7-11-21-39-31(37)5-2)15-17-26(25)18-20-30-36-34-28(42-30)14-10-8-12-22-40-32(38)6-3/h5-6,15,17,23H,2-4,7-14,21-22H2,1H3. The highest BCUT2D eigenvalue weighted by Gasteiger charge is 2.05. The SMILES string of the molecule is C=CC(=O)OCCCCCc1nnc(C#Cc2ccc(C#Cc3nnc(CCCCCOC(=O)C=C)s3)c(CC)c2)s1. The van der Waals surface area contributed by atoms with Crippen molar-refractivity contribution in [2.45, 2.75) is 64.7 Å². The first-order valence-corrected chi connectivity index (χ1v) is 15.5. The quantitative estimate of drug-likeness (QED) is 0.0954. The highest BCUT2D eigenvalue weighted by Crippen LogP contribution is 2.16. The number of carbonyl (C=O) groups is 2. The molecule has 0 aliphatic carbocycles. The smallest absolute Gasteiger partial charge is 0.330 e. The van der Waals surface area contributed by atoms with E-state index in [1.165, 1.54) is 34.8 Å². The van der Waals surface area contributed by atoms with E-state index in [0.29, 0.717) is 23.2 Å². The molecule has 0 spiro atoms. The minimum Gasteiger partial charge on any atom is -0.463 e. The van der Waals surface area contributed by atoms with Crippen LogP contribution in [-0.4, -0.2) is 45.5 Å². The molecular formula is C32H34N4O4S2. The van der Waals surface area contributed by atoms with Crippen LogP contribution in [0.25, 0.3) is 0 Å². The van der Waals surface area contributed by atoms with E-state index in [0.717, 1.165) is 84.5 Å². The molecule has 8 nitrogen and oxygen atoms in total. The van der Waals surface area contributed by atoms with Gasteiger partial charge in [0.05, 0.1) is 13.2 Å². The van der Waals surface area contributed by atoms with Crippen LogP contribution in [0.2, 0.25) is 0 Å². The molecule has 3 aromatic rings. The van der Waals surface area contributed by atoms with Crippen LogP contribution in [0.3, 0.4) is 0 Å². The Morgan fingerprint density at radius 3 is 1.83 bits per heavy atom. The molecule has 0 aliphatic heterocycles. The zero-order valence-corrected chi connectivity index (χ0v) is 25.5. The van der Waals surface area contributed by atoms with Gasteiger partial charge in [-0.1, -0.05) is 54.6 Å². The highest BCUT2D eigenvalue weighted by atomic mass is 32.1. The summed E-state index contributed by atoms with van der Waals surface area (Å²) in [6.07, 6.45) is 10.2. The van der Waals surface area contributed by atoms with Crippen LogP contribution < -0.4 is 0 Å². The van der Waals surface area contributed by atoms with Gasteiger partial charge in [0, 0.05) is 36.1 Å². The molecule has 0 bridgehead atoms. The maximum Gasteiger partial charge on any atom is 0.330 e. The Hall–Kier alpha value is -4.12. The maximum absolute atomic E-state index is 11.0. The normalized spacial score (nSPS) is 10.1. The summed E-state index contributed by atoms with van der Waals surface area (Å²) < 4.78 is 9.97. The molecule has 0 unspecified atom stereocenters. The first-order chi connectivity index (χ1) is 20.5. The van der Waals surface area contributed by atoms with Crippen LogP contribution in [-0.2, 0) is 38.3 Å². The molecule has 0 radical (unpaired) electrons. The molecule has 10 heteroatoms. The Morgan fingerprint density at radius 2 is 1.31 bits per heavy atom. The minimum absolute atomic E-state index is 0.384. The number of nitrogens with zero attached hydrogens (tertiary/aromatic N) is 4. The average Bonchev–Trinajstić information content (AvgIpc) is 3.67. The lowest BCUT2D eigenvalue weighted by molar-refractivity contribution is -0.138. The Bertz CT molecular complexity index is 1490. The van der Waals surface area contributed by atoms with Gasteiger partial charge >= 0.3 is 11.9 Å². The number of hydrogen-bond donors (Lipinski definition) is 0. The molecule has 0 atom stereocenters. The van der Waals surface area contributed by atoms with E-state index in [1.54, 1.807) is 0 Å². The molecule has 0 aliphatic rings. The van der Waals surface area contributed by atoms with Gasteiger partial charge in [-0.05, 0) is 80.5 Å². The van der Waals surface area contributed by atoms with Gasteiger partial charge in [0.25, 0.3) is 0 Å². The highest BCUT2D eigenvalue weighted by molar-refractivity contribution is 7.12. The van der Waals surface area contributed by atoms with Crippen molar-refractivity contribution >= 4 is 34.6 Å². The number of carbonyl (C=O) groups excluding carboxylic acids is 2. The van der Waals surface area contributed by atoms with Crippen molar-refractivity contribution in [1.29, 1.82) is 0 Å². The molecule has 0 fully saturated rings. The molecule has 2 aromatic heterocycles. The van der Waals surface area contributed by atoms with Gasteiger partial charge in [-0.3, -0.25) is 0 Å². The third-order valence-electron chi connectivity index (χ3n) is 5.93. The van der Waals surface area contributed by atoms with E-state index >= 15 is 0 Å². The molecule has 0 amide bonds. The Kier molecular flexibility index (Phi) is 14.1. The average molecular weight is 603 g/mol. The van der Waals surface area contributed by atoms with Crippen LogP contribution in [0, 0.1) is 23.7 Å². The number of aromatic nitrogens is 4. The van der Waals surface area contributed by atoms with Crippen LogP contribution in [0.5, 0.6) is 0 Å². The number of unbranched alkanes of at least 4 members (excludes halogenated alkanes) is 4. The molecule has 218 valence electrons. The van der Waals surface area contributed by atoms with Crippen LogP contribution in [0.15, 0.2) is 43.5 Å². The van der Waals surface area contributed by atoms with Gasteiger partial charge in [0.1, 0.15) is 10.0 Å². The summed E-state index contributed by atoms with van der Waals surface area (Å²) in [6.45, 7) is 9.68. The Morgan fingerprint density at radius 1 is 0.762 bits per heavy atom. The fourth-order valence-corrected chi connectivity index (χ4v) is 5.19. The topological polar surface area (TPSA) is 104 Å². The summed E-state index contributed by atoms with van der Waals surface area (Å²) in [6, 6.07) is 6.03. The zero-order valence-electron chi connectivity index (χ0n) is 23.8. The summed E-state index contributed by atoms with van der Waals surface area (Å²) in [7, 11) is 0. The molecule has 2 heterocycles. The largest absolute Gasteiger partial charge is 0.463 e. The first kappa shape index (κ1) is 32.4. The van der Waals surface area contributed by atoms with Gasteiger partial charge in [0.2, 0.25) is 0 Å². The summed E-state index contributed by atoms with van der Waals surface area (Å²) >= 11 is 3.01. The van der Waals surface area contributed by atoms with E-state index in [9.17, 15) is 9.59 Å². The Labute approximate surface area is 255 Å². The summed E-state index contributed by atoms with van der Waals surface area (Å²) in [5.74, 6) is 12.0. The maximum atomic E-state index is 11.0. The molecule has 1 aromatic carbocycles. The van der Waals surface area contributed by atoms with Crippen molar-refractivity contribution in [3.8, 4) is 23.7 Å². The van der Waals surface area contributed by atoms with Crippen LogP contribution >= 0.6 is 22.7 Å². The third kappa shape index (κ3) is 11.8. The monoisotopic (exact) mass is 602 g/mol. The van der Waals surface area contributed by atoms with E-state index in [2.05, 4.69) is 70.2 Å². The fraction of sp³-hybridized carbons (Fsp3) is 0.375. The zero-order chi connectivity index (χ0) is 30.0. The predicted molar refractivity (Wildman–Crippen MR) is 165 cm³/mol. The number of rotatable bonds is 15. The van der Waals surface area contributed by atoms with Crippen molar-refractivity contribution in [2.24, 2.45) is 0 Å². The van der Waals surface area contributed by atoms with Crippen molar-refractivity contribution in [3.63, 3.8) is 0 Å². The number of aryl methyl sites for hydroxylation is 3. The molecular weight excluding hydrogens is 569 g/mol. The second kappa shape index (κ2) is 18.3. The van der Waals surface area contributed by atoms with E-state index in [-0.39, 0.29) is 11.9 Å². The summed E-state index contributed by atoms with van der Waals surface area (Å²) in [4.78, 5) is 22.1. The lowest BCUT2D eigenvalue weighted by atomic mass is 10.0. The lowest BCUT2D eigenvalue weighted by Gasteiger charge is -2.01. The van der Waals surface area contributed by atoms with E-state index in [1.807, 2.05) is 12.1 Å². The van der Waals surface area contributed by atoms with Gasteiger partial charge in [-0.15, -0.1) is 20.4 Å². The second-order valence-corrected chi connectivity index (χ2v) is 11.2. The van der Waals surface area contributed by atoms with Crippen molar-refractivity contribution in [3.05, 3.63) is 80.2 Å².